The number of pyridine rings is 1. The summed E-state index contributed by atoms with van der Waals surface area (Å²) >= 11 is 6.43. The molecule has 2 aromatic heterocycles. The zero-order valence-electron chi connectivity index (χ0n) is 17.0. The van der Waals surface area contributed by atoms with E-state index in [1.54, 1.807) is 24.4 Å². The van der Waals surface area contributed by atoms with Gasteiger partial charge in [-0.3, -0.25) is 9.78 Å². The fourth-order valence-corrected chi connectivity index (χ4v) is 4.11. The molecule has 0 aliphatic heterocycles. The molecule has 0 saturated heterocycles. The maximum Gasteiger partial charge on any atom is 0.337 e. The van der Waals surface area contributed by atoms with Gasteiger partial charge in [-0.25, -0.2) is 9.18 Å². The lowest BCUT2D eigenvalue weighted by molar-refractivity contribution is 0.0600. The van der Waals surface area contributed by atoms with Gasteiger partial charge in [0.2, 0.25) is 0 Å². The highest BCUT2D eigenvalue weighted by Crippen LogP contribution is 2.43. The third-order valence-electron chi connectivity index (χ3n) is 5.55. The smallest absolute Gasteiger partial charge is 0.337 e. The summed E-state index contributed by atoms with van der Waals surface area (Å²) in [6, 6.07) is 12.8. The van der Waals surface area contributed by atoms with E-state index in [-0.39, 0.29) is 16.8 Å². The van der Waals surface area contributed by atoms with Gasteiger partial charge in [-0.15, -0.1) is 0 Å². The van der Waals surface area contributed by atoms with Gasteiger partial charge in [-0.2, -0.15) is 9.78 Å². The first-order chi connectivity index (χ1) is 15.5. The van der Waals surface area contributed by atoms with Gasteiger partial charge >= 0.3 is 5.97 Å². The fourth-order valence-electron chi connectivity index (χ4n) is 3.85. The van der Waals surface area contributed by atoms with Gasteiger partial charge in [0, 0.05) is 11.8 Å². The summed E-state index contributed by atoms with van der Waals surface area (Å²) in [6.45, 7) is 0. The van der Waals surface area contributed by atoms with Crippen molar-refractivity contribution in [3.8, 4) is 11.3 Å². The Labute approximate surface area is 187 Å². The van der Waals surface area contributed by atoms with Crippen LogP contribution in [0.5, 0.6) is 0 Å². The minimum Gasteiger partial charge on any atom is -0.465 e. The van der Waals surface area contributed by atoms with Crippen LogP contribution in [0.4, 0.5) is 4.39 Å². The van der Waals surface area contributed by atoms with Gasteiger partial charge in [-0.1, -0.05) is 23.7 Å². The monoisotopic (exact) mass is 449 g/mol. The molecule has 160 valence electrons. The largest absolute Gasteiger partial charge is 0.465 e. The van der Waals surface area contributed by atoms with Crippen molar-refractivity contribution in [2.24, 2.45) is 0 Å². The first kappa shape index (κ1) is 20.3. The van der Waals surface area contributed by atoms with E-state index in [0.717, 1.165) is 24.5 Å². The Balaban J connectivity index is 1.67. The number of ether oxygens (including phenoxy) is 1. The summed E-state index contributed by atoms with van der Waals surface area (Å²) in [4.78, 5) is 29.6. The van der Waals surface area contributed by atoms with E-state index in [0.29, 0.717) is 27.5 Å². The van der Waals surface area contributed by atoms with E-state index in [4.69, 9.17) is 11.6 Å². The summed E-state index contributed by atoms with van der Waals surface area (Å²) < 4.78 is 20.8. The van der Waals surface area contributed by atoms with Gasteiger partial charge in [0.1, 0.15) is 17.0 Å². The van der Waals surface area contributed by atoms with Crippen molar-refractivity contribution in [2.45, 2.75) is 18.8 Å². The van der Waals surface area contributed by atoms with Crippen molar-refractivity contribution in [1.82, 2.24) is 14.8 Å². The lowest BCUT2D eigenvalue weighted by Crippen LogP contribution is -2.16. The fraction of sp³-hybridized carbons (Fsp3) is 0.167. The van der Waals surface area contributed by atoms with E-state index in [9.17, 15) is 14.0 Å². The Bertz CT molecular complexity index is 1390. The number of halogens is 2. The number of esters is 1. The maximum atomic E-state index is 14.9. The lowest BCUT2D eigenvalue weighted by atomic mass is 10.0. The normalized spacial score (nSPS) is 13.3. The molecule has 0 spiro atoms. The zero-order valence-corrected chi connectivity index (χ0v) is 17.8. The second-order valence-electron chi connectivity index (χ2n) is 7.60. The van der Waals surface area contributed by atoms with Crippen LogP contribution in [0.1, 0.15) is 45.0 Å². The molecular weight excluding hydrogens is 433 g/mol. The molecule has 2 heterocycles. The average Bonchev–Trinajstić information content (AvgIpc) is 3.58. The molecule has 1 aliphatic carbocycles. The Kier molecular flexibility index (Phi) is 4.98. The molecule has 0 N–H and O–H groups in total. The van der Waals surface area contributed by atoms with Crippen LogP contribution in [0, 0.1) is 5.82 Å². The SMILES string of the molecule is COC(=O)c1ccc(-c2nn(C(=O)c3c(Cl)cccc3C3CC3)c3cccnc23)c(F)c1. The Morgan fingerprint density at radius 3 is 2.69 bits per heavy atom. The number of rotatable bonds is 4. The molecule has 1 saturated carbocycles. The number of fused-ring (bicyclic) bond motifs is 1. The number of nitrogens with zero attached hydrogens (tertiary/aromatic N) is 3. The van der Waals surface area contributed by atoms with Crippen LogP contribution in [0.3, 0.4) is 0 Å². The molecule has 5 rings (SSSR count). The van der Waals surface area contributed by atoms with Gasteiger partial charge in [-0.05, 0) is 60.7 Å². The molecule has 32 heavy (non-hydrogen) atoms. The second kappa shape index (κ2) is 7.84. The number of methoxy groups -OCH3 is 1. The average molecular weight is 450 g/mol. The molecule has 0 bridgehead atoms. The second-order valence-corrected chi connectivity index (χ2v) is 8.01. The molecule has 4 aromatic rings. The summed E-state index contributed by atoms with van der Waals surface area (Å²) in [6.07, 6.45) is 3.56. The molecule has 0 amide bonds. The number of hydrogen-bond acceptors (Lipinski definition) is 5. The summed E-state index contributed by atoms with van der Waals surface area (Å²) in [5.74, 6) is -1.41. The van der Waals surface area contributed by atoms with Gasteiger partial charge in [0.25, 0.3) is 5.91 Å². The first-order valence-electron chi connectivity index (χ1n) is 10.0. The highest BCUT2D eigenvalue weighted by molar-refractivity contribution is 6.34. The molecule has 1 aliphatic rings. The third kappa shape index (κ3) is 3.35. The highest BCUT2D eigenvalue weighted by atomic mass is 35.5. The Morgan fingerprint density at radius 2 is 1.97 bits per heavy atom. The van der Waals surface area contributed by atoms with Crippen LogP contribution in [0.15, 0.2) is 54.7 Å². The summed E-state index contributed by atoms with van der Waals surface area (Å²) in [7, 11) is 1.23. The minimum absolute atomic E-state index is 0.0756. The molecule has 2 aromatic carbocycles. The van der Waals surface area contributed by atoms with Crippen LogP contribution >= 0.6 is 11.6 Å². The van der Waals surface area contributed by atoms with Crippen LogP contribution in [0.2, 0.25) is 5.02 Å². The lowest BCUT2D eigenvalue weighted by Gasteiger charge is -2.10. The van der Waals surface area contributed by atoms with E-state index in [1.165, 1.54) is 23.9 Å². The van der Waals surface area contributed by atoms with Crippen molar-refractivity contribution in [3.05, 3.63) is 82.3 Å². The number of carbonyl (C=O) groups excluding carboxylic acids is 2. The number of hydrogen-bond donors (Lipinski definition) is 0. The third-order valence-corrected chi connectivity index (χ3v) is 5.87. The van der Waals surface area contributed by atoms with Gasteiger partial charge < -0.3 is 4.74 Å². The van der Waals surface area contributed by atoms with Crippen molar-refractivity contribution in [3.63, 3.8) is 0 Å². The summed E-state index contributed by atoms with van der Waals surface area (Å²) in [5.41, 5.74) is 2.49. The van der Waals surface area contributed by atoms with E-state index < -0.39 is 17.7 Å². The van der Waals surface area contributed by atoms with Crippen LogP contribution < -0.4 is 0 Å². The van der Waals surface area contributed by atoms with E-state index >= 15 is 0 Å². The van der Waals surface area contributed by atoms with Gasteiger partial charge in [0.05, 0.1) is 28.8 Å². The minimum atomic E-state index is -0.672. The van der Waals surface area contributed by atoms with Crippen molar-refractivity contribution in [2.75, 3.05) is 7.11 Å². The van der Waals surface area contributed by atoms with Crippen LogP contribution in [0.25, 0.3) is 22.3 Å². The first-order valence-corrected chi connectivity index (χ1v) is 10.4. The molecule has 0 radical (unpaired) electrons. The zero-order chi connectivity index (χ0) is 22.4. The van der Waals surface area contributed by atoms with Crippen molar-refractivity contribution >= 4 is 34.5 Å². The van der Waals surface area contributed by atoms with E-state index in [1.807, 2.05) is 12.1 Å². The molecule has 6 nitrogen and oxygen atoms in total. The predicted octanol–water partition coefficient (Wildman–Crippen LogP) is 5.24. The Morgan fingerprint density at radius 1 is 1.16 bits per heavy atom. The molecular formula is C24H17ClFN3O3. The van der Waals surface area contributed by atoms with E-state index in [2.05, 4.69) is 14.8 Å². The molecule has 8 heteroatoms. The van der Waals surface area contributed by atoms with Crippen molar-refractivity contribution in [1.29, 1.82) is 0 Å². The highest BCUT2D eigenvalue weighted by Gasteiger charge is 2.31. The topological polar surface area (TPSA) is 74.1 Å². The number of aromatic nitrogens is 3. The predicted molar refractivity (Wildman–Crippen MR) is 117 cm³/mol. The molecule has 1 fully saturated rings. The molecule has 0 unspecified atom stereocenters. The Hall–Kier alpha value is -3.58. The van der Waals surface area contributed by atoms with Crippen LogP contribution in [-0.2, 0) is 4.74 Å². The molecule has 0 atom stereocenters. The number of benzene rings is 2. The quantitative estimate of drug-likeness (QED) is 0.398. The number of carbonyl (C=O) groups is 2. The summed E-state index contributed by atoms with van der Waals surface area (Å²) in [5, 5.41) is 4.79. The van der Waals surface area contributed by atoms with Gasteiger partial charge in [0.15, 0.2) is 0 Å². The maximum absolute atomic E-state index is 14.9. The van der Waals surface area contributed by atoms with Crippen molar-refractivity contribution < 1.29 is 18.7 Å². The van der Waals surface area contributed by atoms with Crippen LogP contribution in [-0.4, -0.2) is 33.8 Å². The standard InChI is InChI=1S/C24H17ClFN3O3/c1-32-24(31)14-9-10-16(18(26)12-14)21-22-19(6-3-11-27-22)29(28-21)23(30)20-15(13-7-8-13)4-2-5-17(20)25/h2-6,9-13H,7-8H2,1H3.